The van der Waals surface area contributed by atoms with Gasteiger partial charge in [-0.15, -0.1) is 0 Å². The Bertz CT molecular complexity index is 578. The molecule has 3 atom stereocenters. The molecule has 1 saturated heterocycles. The first-order chi connectivity index (χ1) is 11.3. The van der Waals surface area contributed by atoms with Crippen molar-refractivity contribution in [3.63, 3.8) is 0 Å². The molecule has 4 rings (SSSR count). The second-order valence-electron chi connectivity index (χ2n) is 6.96. The smallest absolute Gasteiger partial charge is 0.119 e. The molecule has 2 bridgehead atoms. The number of benzene rings is 1. The third-order valence-electron chi connectivity index (χ3n) is 5.90. The summed E-state index contributed by atoms with van der Waals surface area (Å²) in [7, 11) is 1.70. The van der Waals surface area contributed by atoms with Gasteiger partial charge >= 0.3 is 0 Å². The summed E-state index contributed by atoms with van der Waals surface area (Å²) in [5.74, 6) is 2.14. The fourth-order valence-corrected chi connectivity index (χ4v) is 4.73. The van der Waals surface area contributed by atoms with E-state index in [-0.39, 0.29) is 0 Å². The van der Waals surface area contributed by atoms with Crippen LogP contribution in [0.3, 0.4) is 0 Å². The molecule has 1 heterocycles. The number of nitrogens with zero attached hydrogens (tertiary/aromatic N) is 3. The molecule has 1 N–H and O–H groups in total. The Morgan fingerprint density at radius 3 is 2.48 bits per heavy atom. The van der Waals surface area contributed by atoms with Gasteiger partial charge in [-0.1, -0.05) is 5.16 Å². The number of hydrogen-bond donors (Lipinski definition) is 1. The highest BCUT2D eigenvalue weighted by atomic mass is 16.5. The van der Waals surface area contributed by atoms with E-state index >= 15 is 0 Å². The molecule has 0 aromatic heterocycles. The highest BCUT2D eigenvalue weighted by Gasteiger charge is 2.48. The Hall–Kier alpha value is -1.75. The van der Waals surface area contributed by atoms with Gasteiger partial charge in [0.1, 0.15) is 5.75 Å². The minimum atomic E-state index is 0.386. The first-order valence-corrected chi connectivity index (χ1v) is 8.65. The van der Waals surface area contributed by atoms with E-state index in [2.05, 4.69) is 27.1 Å². The highest BCUT2D eigenvalue weighted by Crippen LogP contribution is 2.45. The van der Waals surface area contributed by atoms with Gasteiger partial charge in [-0.3, -0.25) is 4.90 Å². The molecule has 1 aliphatic heterocycles. The van der Waals surface area contributed by atoms with E-state index in [1.54, 1.807) is 7.11 Å². The molecule has 3 unspecified atom stereocenters. The van der Waals surface area contributed by atoms with Crippen molar-refractivity contribution in [3.05, 3.63) is 24.3 Å². The zero-order chi connectivity index (χ0) is 15.8. The van der Waals surface area contributed by atoms with Crippen molar-refractivity contribution >= 4 is 11.4 Å². The lowest BCUT2D eigenvalue weighted by atomic mass is 9.91. The van der Waals surface area contributed by atoms with Gasteiger partial charge in [-0.2, -0.15) is 0 Å². The summed E-state index contributed by atoms with van der Waals surface area (Å²) in [4.78, 5) is 4.97. The largest absolute Gasteiger partial charge is 0.497 e. The van der Waals surface area contributed by atoms with Crippen LogP contribution in [0, 0.1) is 11.8 Å². The van der Waals surface area contributed by atoms with E-state index in [9.17, 15) is 5.21 Å². The summed E-state index contributed by atoms with van der Waals surface area (Å²) in [6, 6.07) is 8.69. The molecule has 2 aliphatic carbocycles. The van der Waals surface area contributed by atoms with Gasteiger partial charge in [0, 0.05) is 37.8 Å². The minimum Gasteiger partial charge on any atom is -0.497 e. The molecule has 0 spiro atoms. The third-order valence-corrected chi connectivity index (χ3v) is 5.90. The van der Waals surface area contributed by atoms with Gasteiger partial charge in [0.15, 0.2) is 0 Å². The second-order valence-corrected chi connectivity index (χ2v) is 6.96. The summed E-state index contributed by atoms with van der Waals surface area (Å²) < 4.78 is 5.23. The summed E-state index contributed by atoms with van der Waals surface area (Å²) >= 11 is 0. The topological polar surface area (TPSA) is 48.3 Å². The van der Waals surface area contributed by atoms with Crippen molar-refractivity contribution in [2.45, 2.75) is 25.3 Å². The van der Waals surface area contributed by atoms with Crippen LogP contribution in [0.2, 0.25) is 0 Å². The molecule has 23 heavy (non-hydrogen) atoms. The number of fused-ring (bicyclic) bond motifs is 2. The average molecular weight is 315 g/mol. The molecule has 5 heteroatoms. The Morgan fingerprint density at radius 1 is 1.09 bits per heavy atom. The standard InChI is InChI=1S/C18H25N3O2/c1-23-16-6-4-15(5-7-16)20-8-10-21(11-9-20)18-14-3-2-13(12-14)17(18)19-22/h4-7,13-14,18,22H,2-3,8-12H2,1H3. The molecule has 5 nitrogen and oxygen atoms in total. The van der Waals surface area contributed by atoms with Gasteiger partial charge in [0.25, 0.3) is 0 Å². The van der Waals surface area contributed by atoms with E-state index in [1.165, 1.54) is 24.9 Å². The number of oxime groups is 1. The first kappa shape index (κ1) is 14.8. The second kappa shape index (κ2) is 6.04. The van der Waals surface area contributed by atoms with E-state index in [0.29, 0.717) is 17.9 Å². The number of ether oxygens (including phenoxy) is 1. The maximum absolute atomic E-state index is 9.41. The Labute approximate surface area is 137 Å². The number of anilines is 1. The molecule has 3 aliphatic rings. The van der Waals surface area contributed by atoms with Crippen molar-refractivity contribution in [1.82, 2.24) is 4.90 Å². The van der Waals surface area contributed by atoms with Crippen LogP contribution in [-0.2, 0) is 0 Å². The van der Waals surface area contributed by atoms with Crippen molar-refractivity contribution in [2.24, 2.45) is 17.0 Å². The fourth-order valence-electron chi connectivity index (χ4n) is 4.73. The molecule has 0 amide bonds. The molecule has 3 fully saturated rings. The summed E-state index contributed by atoms with van der Waals surface area (Å²) in [5.41, 5.74) is 2.31. The van der Waals surface area contributed by atoms with Crippen molar-refractivity contribution in [2.75, 3.05) is 38.2 Å². The van der Waals surface area contributed by atoms with Crippen LogP contribution in [0.4, 0.5) is 5.69 Å². The van der Waals surface area contributed by atoms with Crippen LogP contribution >= 0.6 is 0 Å². The molecular formula is C18H25N3O2. The summed E-state index contributed by atoms with van der Waals surface area (Å²) in [6.45, 7) is 4.13. The fraction of sp³-hybridized carbons (Fsp3) is 0.611. The van der Waals surface area contributed by atoms with Crippen LogP contribution in [0.25, 0.3) is 0 Å². The van der Waals surface area contributed by atoms with E-state index in [4.69, 9.17) is 4.74 Å². The van der Waals surface area contributed by atoms with Gasteiger partial charge in [-0.25, -0.2) is 0 Å². The number of piperazine rings is 1. The molecule has 0 radical (unpaired) electrons. The lowest BCUT2D eigenvalue weighted by Gasteiger charge is -2.41. The molecule has 2 saturated carbocycles. The monoisotopic (exact) mass is 315 g/mol. The summed E-state index contributed by atoms with van der Waals surface area (Å²) in [6.07, 6.45) is 3.74. The lowest BCUT2D eigenvalue weighted by molar-refractivity contribution is 0.181. The van der Waals surface area contributed by atoms with E-state index < -0.39 is 0 Å². The number of hydrogen-bond acceptors (Lipinski definition) is 5. The maximum atomic E-state index is 9.41. The van der Waals surface area contributed by atoms with Gasteiger partial charge in [-0.05, 0) is 49.4 Å². The van der Waals surface area contributed by atoms with Gasteiger partial charge in [0.2, 0.25) is 0 Å². The highest BCUT2D eigenvalue weighted by molar-refractivity contribution is 5.94. The Morgan fingerprint density at radius 2 is 1.83 bits per heavy atom. The zero-order valence-corrected chi connectivity index (χ0v) is 13.7. The summed E-state index contributed by atoms with van der Waals surface area (Å²) in [5, 5.41) is 13.1. The minimum absolute atomic E-state index is 0.386. The SMILES string of the molecule is COc1ccc(N2CCN(C3C(=NO)C4CCC3C4)CC2)cc1. The molecule has 1 aromatic rings. The van der Waals surface area contributed by atoms with E-state index in [0.717, 1.165) is 37.6 Å². The van der Waals surface area contributed by atoms with Crippen molar-refractivity contribution in [3.8, 4) is 5.75 Å². The number of methoxy groups -OCH3 is 1. The molecule has 1 aromatic carbocycles. The van der Waals surface area contributed by atoms with Crippen molar-refractivity contribution in [1.29, 1.82) is 0 Å². The number of rotatable bonds is 3. The van der Waals surface area contributed by atoms with Crippen LogP contribution in [0.5, 0.6) is 5.75 Å². The van der Waals surface area contributed by atoms with Crippen molar-refractivity contribution < 1.29 is 9.94 Å². The van der Waals surface area contributed by atoms with E-state index in [1.807, 2.05) is 12.1 Å². The van der Waals surface area contributed by atoms with Gasteiger partial charge in [0.05, 0.1) is 18.9 Å². The Kier molecular flexibility index (Phi) is 3.89. The van der Waals surface area contributed by atoms with Crippen LogP contribution in [0.1, 0.15) is 19.3 Å². The van der Waals surface area contributed by atoms with Gasteiger partial charge < -0.3 is 14.8 Å². The zero-order valence-electron chi connectivity index (χ0n) is 13.7. The maximum Gasteiger partial charge on any atom is 0.119 e. The first-order valence-electron chi connectivity index (χ1n) is 8.65. The predicted octanol–water partition coefficient (Wildman–Crippen LogP) is 2.45. The normalized spacial score (nSPS) is 32.7. The van der Waals surface area contributed by atoms with Crippen LogP contribution < -0.4 is 9.64 Å². The average Bonchev–Trinajstić information content (AvgIpc) is 3.23. The molecule has 124 valence electrons. The lowest BCUT2D eigenvalue weighted by Crippen LogP contribution is -2.54. The quantitative estimate of drug-likeness (QED) is 0.687. The van der Waals surface area contributed by atoms with Crippen LogP contribution in [0.15, 0.2) is 29.4 Å². The third kappa shape index (κ3) is 2.57. The molecular weight excluding hydrogens is 290 g/mol. The van der Waals surface area contributed by atoms with Crippen LogP contribution in [-0.4, -0.2) is 55.1 Å². The Balaban J connectivity index is 1.41. The predicted molar refractivity (Wildman–Crippen MR) is 90.6 cm³/mol.